The van der Waals surface area contributed by atoms with Crippen LogP contribution in [0, 0.1) is 5.92 Å². The molecule has 0 atom stereocenters. The van der Waals surface area contributed by atoms with Crippen LogP contribution in [0.3, 0.4) is 0 Å². The van der Waals surface area contributed by atoms with Crippen LogP contribution in [0.25, 0.3) is 0 Å². The van der Waals surface area contributed by atoms with Gasteiger partial charge in [0.1, 0.15) is 4.90 Å². The molecule has 5 nitrogen and oxygen atoms in total. The van der Waals surface area contributed by atoms with E-state index < -0.39 is 10.0 Å². The number of aryl methyl sites for hydroxylation is 1. The second-order valence-corrected chi connectivity index (χ2v) is 6.99. The smallest absolute Gasteiger partial charge is 0.244 e. The molecule has 0 bridgehead atoms. The van der Waals surface area contributed by atoms with E-state index in [0.29, 0.717) is 30.4 Å². The Morgan fingerprint density at radius 2 is 2.11 bits per heavy atom. The Kier molecular flexibility index (Phi) is 4.32. The predicted molar refractivity (Wildman–Crippen MR) is 75.2 cm³/mol. The average Bonchev–Trinajstić information content (AvgIpc) is 3.11. The summed E-state index contributed by atoms with van der Waals surface area (Å²) < 4.78 is 28.7. The van der Waals surface area contributed by atoms with Crippen molar-refractivity contribution in [1.82, 2.24) is 8.87 Å². The molecular weight excluding hydrogens is 262 g/mol. The van der Waals surface area contributed by atoms with Crippen molar-refractivity contribution in [3.05, 3.63) is 18.0 Å². The Hall–Kier alpha value is -0.850. The van der Waals surface area contributed by atoms with E-state index >= 15 is 0 Å². The molecule has 0 unspecified atom stereocenters. The summed E-state index contributed by atoms with van der Waals surface area (Å²) in [5, 5.41) is 0. The summed E-state index contributed by atoms with van der Waals surface area (Å²) in [7, 11) is -3.37. The minimum Gasteiger partial charge on any atom is -0.349 e. The van der Waals surface area contributed by atoms with Crippen LogP contribution in [0.5, 0.6) is 0 Å². The quantitative estimate of drug-likeness (QED) is 0.823. The van der Waals surface area contributed by atoms with Gasteiger partial charge in [-0.15, -0.1) is 0 Å². The van der Waals surface area contributed by atoms with Gasteiger partial charge in [0.25, 0.3) is 0 Å². The number of aromatic nitrogens is 1. The van der Waals surface area contributed by atoms with E-state index in [0.717, 1.165) is 25.1 Å². The van der Waals surface area contributed by atoms with Gasteiger partial charge in [-0.1, -0.05) is 6.92 Å². The highest BCUT2D eigenvalue weighted by Gasteiger charge is 2.31. The molecule has 19 heavy (non-hydrogen) atoms. The summed E-state index contributed by atoms with van der Waals surface area (Å²) >= 11 is 0. The molecule has 2 rings (SSSR count). The van der Waals surface area contributed by atoms with E-state index in [4.69, 9.17) is 5.73 Å². The number of nitrogens with two attached hydrogens (primary N) is 1. The summed E-state index contributed by atoms with van der Waals surface area (Å²) in [4.78, 5) is 0.373. The number of hydrogen-bond donors (Lipinski definition) is 1. The van der Waals surface area contributed by atoms with Crippen LogP contribution >= 0.6 is 0 Å². The van der Waals surface area contributed by atoms with Gasteiger partial charge in [0, 0.05) is 38.1 Å². The third-order valence-corrected chi connectivity index (χ3v) is 5.57. The maximum absolute atomic E-state index is 12.6. The molecular formula is C13H23N3O2S. The molecule has 6 heteroatoms. The minimum atomic E-state index is -3.37. The lowest BCUT2D eigenvalue weighted by molar-refractivity contribution is 0.412. The van der Waals surface area contributed by atoms with Crippen molar-refractivity contribution in [3.8, 4) is 0 Å². The molecule has 1 heterocycles. The van der Waals surface area contributed by atoms with Crippen LogP contribution in [0.1, 0.15) is 32.4 Å². The molecule has 108 valence electrons. The van der Waals surface area contributed by atoms with E-state index in [1.54, 1.807) is 16.6 Å². The minimum absolute atomic E-state index is 0.359. The first kappa shape index (κ1) is 14.6. The van der Waals surface area contributed by atoms with E-state index in [1.165, 1.54) is 0 Å². The number of rotatable bonds is 7. The van der Waals surface area contributed by atoms with Gasteiger partial charge in [0.15, 0.2) is 0 Å². The molecule has 1 aliphatic carbocycles. The van der Waals surface area contributed by atoms with Gasteiger partial charge in [0.2, 0.25) is 10.0 Å². The van der Waals surface area contributed by atoms with Gasteiger partial charge in [-0.05, 0) is 31.7 Å². The highest BCUT2D eigenvalue weighted by Crippen LogP contribution is 2.31. The monoisotopic (exact) mass is 285 g/mol. The fourth-order valence-corrected chi connectivity index (χ4v) is 3.86. The van der Waals surface area contributed by atoms with E-state index in [-0.39, 0.29) is 0 Å². The molecule has 0 amide bonds. The molecule has 0 aromatic carbocycles. The molecule has 2 N–H and O–H groups in total. The normalized spacial score (nSPS) is 16.2. The molecule has 0 spiro atoms. The van der Waals surface area contributed by atoms with Crippen LogP contribution in [-0.2, 0) is 23.1 Å². The fraction of sp³-hybridized carbons (Fsp3) is 0.692. The first-order chi connectivity index (χ1) is 9.02. The molecule has 1 fully saturated rings. The average molecular weight is 285 g/mol. The van der Waals surface area contributed by atoms with Gasteiger partial charge < -0.3 is 10.3 Å². The predicted octanol–water partition coefficient (Wildman–Crippen LogP) is 1.39. The van der Waals surface area contributed by atoms with Gasteiger partial charge >= 0.3 is 0 Å². The van der Waals surface area contributed by atoms with Crippen molar-refractivity contribution < 1.29 is 8.42 Å². The Labute approximate surface area is 115 Å². The molecule has 0 aliphatic heterocycles. The van der Waals surface area contributed by atoms with Gasteiger partial charge in [0.05, 0.1) is 0 Å². The maximum Gasteiger partial charge on any atom is 0.244 e. The van der Waals surface area contributed by atoms with Crippen LogP contribution in [-0.4, -0.2) is 30.4 Å². The molecule has 1 saturated carbocycles. The zero-order chi connectivity index (χ0) is 14.0. The zero-order valence-electron chi connectivity index (χ0n) is 11.7. The lowest BCUT2D eigenvalue weighted by atomic mass is 10.4. The Bertz CT molecular complexity index is 511. The molecule has 0 radical (unpaired) electrons. The van der Waals surface area contributed by atoms with Crippen molar-refractivity contribution in [2.45, 2.75) is 44.7 Å². The van der Waals surface area contributed by atoms with Crippen LogP contribution < -0.4 is 5.73 Å². The third kappa shape index (κ3) is 3.01. The topological polar surface area (TPSA) is 68.3 Å². The van der Waals surface area contributed by atoms with Crippen LogP contribution in [0.15, 0.2) is 17.2 Å². The maximum atomic E-state index is 12.6. The van der Waals surface area contributed by atoms with E-state index in [9.17, 15) is 8.42 Å². The molecule has 0 saturated heterocycles. The van der Waals surface area contributed by atoms with Crippen molar-refractivity contribution in [2.75, 3.05) is 13.1 Å². The van der Waals surface area contributed by atoms with Crippen molar-refractivity contribution in [1.29, 1.82) is 0 Å². The first-order valence-electron chi connectivity index (χ1n) is 6.92. The lowest BCUT2D eigenvalue weighted by Crippen LogP contribution is -2.32. The Morgan fingerprint density at radius 3 is 2.53 bits per heavy atom. The first-order valence-corrected chi connectivity index (χ1v) is 8.36. The van der Waals surface area contributed by atoms with Gasteiger partial charge in [-0.2, -0.15) is 4.31 Å². The van der Waals surface area contributed by atoms with E-state index in [1.807, 2.05) is 18.4 Å². The largest absolute Gasteiger partial charge is 0.349 e. The Morgan fingerprint density at radius 1 is 1.42 bits per heavy atom. The second kappa shape index (κ2) is 5.64. The summed E-state index contributed by atoms with van der Waals surface area (Å²) in [5.74, 6) is 0.553. The summed E-state index contributed by atoms with van der Waals surface area (Å²) in [6, 6.07) is 1.70. The number of nitrogens with zero attached hydrogens (tertiary/aromatic N) is 2. The molecule has 1 aromatic rings. The van der Waals surface area contributed by atoms with Crippen molar-refractivity contribution >= 4 is 10.0 Å². The van der Waals surface area contributed by atoms with Gasteiger partial charge in [-0.3, -0.25) is 0 Å². The summed E-state index contributed by atoms with van der Waals surface area (Å²) in [6.07, 6.45) is 4.00. The zero-order valence-corrected chi connectivity index (χ0v) is 12.5. The number of sulfonamides is 1. The Balaban J connectivity index is 2.28. The standard InChI is InChI=1S/C13H23N3O2S/c1-3-15-10-13(7-12(15)8-14)19(17,18)16(4-2)9-11-5-6-11/h7,10-11H,3-6,8-9,14H2,1-2H3. The highest BCUT2D eigenvalue weighted by molar-refractivity contribution is 7.89. The summed E-state index contributed by atoms with van der Waals surface area (Å²) in [5.41, 5.74) is 6.52. The summed E-state index contributed by atoms with van der Waals surface area (Å²) in [6.45, 7) is 6.13. The highest BCUT2D eigenvalue weighted by atomic mass is 32.2. The molecule has 1 aliphatic rings. The van der Waals surface area contributed by atoms with Crippen molar-refractivity contribution in [2.24, 2.45) is 11.7 Å². The lowest BCUT2D eigenvalue weighted by Gasteiger charge is -2.19. The SMILES string of the molecule is CCN(CC1CC1)S(=O)(=O)c1cc(CN)n(CC)c1. The van der Waals surface area contributed by atoms with Crippen LogP contribution in [0.4, 0.5) is 0 Å². The second-order valence-electron chi connectivity index (χ2n) is 5.06. The van der Waals surface area contributed by atoms with Crippen molar-refractivity contribution in [3.63, 3.8) is 0 Å². The van der Waals surface area contributed by atoms with Crippen LogP contribution in [0.2, 0.25) is 0 Å². The fourth-order valence-electron chi connectivity index (χ4n) is 2.27. The number of hydrogen-bond acceptors (Lipinski definition) is 3. The van der Waals surface area contributed by atoms with Gasteiger partial charge in [-0.25, -0.2) is 8.42 Å². The van der Waals surface area contributed by atoms with E-state index in [2.05, 4.69) is 0 Å². The molecule has 1 aromatic heterocycles. The third-order valence-electron chi connectivity index (χ3n) is 3.66.